The molecule has 0 fully saturated rings. The molecule has 0 spiro atoms. The fourth-order valence-electron chi connectivity index (χ4n) is 1.73. The van der Waals surface area contributed by atoms with Crippen molar-refractivity contribution in [1.29, 1.82) is 0 Å². The Kier molecular flexibility index (Phi) is 5.33. The van der Waals surface area contributed by atoms with Gasteiger partial charge in [0.15, 0.2) is 0 Å². The Morgan fingerprint density at radius 3 is 2.00 bits per heavy atom. The van der Waals surface area contributed by atoms with E-state index in [-0.39, 0.29) is 6.04 Å². The molecular weight excluding hydrogens is 359 g/mol. The fraction of sp³-hybridized carbons (Fsp3) is 0.143. The highest BCUT2D eigenvalue weighted by molar-refractivity contribution is 6.44. The van der Waals surface area contributed by atoms with E-state index in [4.69, 9.17) is 58.0 Å². The van der Waals surface area contributed by atoms with Crippen molar-refractivity contribution in [2.24, 2.45) is 0 Å². The minimum Gasteiger partial charge on any atom is -0.377 e. The second kappa shape index (κ2) is 6.64. The normalized spacial score (nSPS) is 12.3. The van der Waals surface area contributed by atoms with Crippen LogP contribution < -0.4 is 5.32 Å². The summed E-state index contributed by atoms with van der Waals surface area (Å²) in [6.45, 7) is 1.98. The predicted octanol–water partition coefficient (Wildman–Crippen LogP) is 7.13. The van der Waals surface area contributed by atoms with Gasteiger partial charge in [-0.15, -0.1) is 0 Å². The first-order chi connectivity index (χ1) is 9.38. The molecule has 2 rings (SSSR count). The van der Waals surface area contributed by atoms with Crippen molar-refractivity contribution in [3.8, 4) is 0 Å². The van der Waals surface area contributed by atoms with Crippen LogP contribution in [0.3, 0.4) is 0 Å². The van der Waals surface area contributed by atoms with Crippen LogP contribution in [-0.2, 0) is 0 Å². The molecule has 0 bridgehead atoms. The molecule has 0 saturated carbocycles. The van der Waals surface area contributed by atoms with Gasteiger partial charge in [0.05, 0.1) is 30.8 Å². The lowest BCUT2D eigenvalue weighted by Gasteiger charge is -2.18. The molecule has 1 atom stereocenters. The maximum absolute atomic E-state index is 6.14. The van der Waals surface area contributed by atoms with Gasteiger partial charge >= 0.3 is 0 Å². The molecule has 20 heavy (non-hydrogen) atoms. The molecule has 2 aromatic rings. The largest absolute Gasteiger partial charge is 0.377 e. The third-order valence-electron chi connectivity index (χ3n) is 2.83. The van der Waals surface area contributed by atoms with E-state index in [1.165, 1.54) is 0 Å². The molecule has 0 aliphatic rings. The van der Waals surface area contributed by atoms with Crippen LogP contribution in [0.15, 0.2) is 30.3 Å². The molecule has 0 radical (unpaired) electrons. The Morgan fingerprint density at radius 1 is 0.750 bits per heavy atom. The molecular formula is C14H10Cl5N. The van der Waals surface area contributed by atoms with Crippen LogP contribution in [0.4, 0.5) is 5.69 Å². The van der Waals surface area contributed by atoms with Crippen LogP contribution in [0.5, 0.6) is 0 Å². The molecule has 106 valence electrons. The Bertz CT molecular complexity index is 642. The molecule has 1 unspecified atom stereocenters. The van der Waals surface area contributed by atoms with Crippen molar-refractivity contribution < 1.29 is 0 Å². The summed E-state index contributed by atoms with van der Waals surface area (Å²) < 4.78 is 0. The number of nitrogens with one attached hydrogen (secondary N) is 1. The van der Waals surface area contributed by atoms with Gasteiger partial charge < -0.3 is 5.32 Å². The zero-order valence-electron chi connectivity index (χ0n) is 10.4. The lowest BCUT2D eigenvalue weighted by atomic mass is 10.1. The summed E-state index contributed by atoms with van der Waals surface area (Å²) in [5.74, 6) is 0. The van der Waals surface area contributed by atoms with Crippen molar-refractivity contribution >= 4 is 63.7 Å². The van der Waals surface area contributed by atoms with Gasteiger partial charge in [0.1, 0.15) is 0 Å². The standard InChI is InChI=1S/C14H10Cl5N/c1-7(8-2-3-9(15)10(16)4-8)20-14-6-12(18)11(17)5-13(14)19/h2-7,20H,1H3. The summed E-state index contributed by atoms with van der Waals surface area (Å²) in [5, 5.41) is 5.67. The second-order valence-electron chi connectivity index (χ2n) is 4.29. The molecule has 0 aliphatic carbocycles. The quantitative estimate of drug-likeness (QED) is 0.568. The number of hydrogen-bond acceptors (Lipinski definition) is 1. The molecule has 0 aliphatic heterocycles. The molecule has 1 N–H and O–H groups in total. The summed E-state index contributed by atoms with van der Waals surface area (Å²) in [5.41, 5.74) is 1.70. The highest BCUT2D eigenvalue weighted by Gasteiger charge is 2.11. The Morgan fingerprint density at radius 2 is 1.35 bits per heavy atom. The fourth-order valence-corrected chi connectivity index (χ4v) is 2.64. The summed E-state index contributed by atoms with van der Waals surface area (Å²) in [4.78, 5) is 0. The third kappa shape index (κ3) is 3.66. The molecule has 2 aromatic carbocycles. The van der Waals surface area contributed by atoms with Gasteiger partial charge in [0.25, 0.3) is 0 Å². The smallest absolute Gasteiger partial charge is 0.0653 e. The molecule has 1 nitrogen and oxygen atoms in total. The highest BCUT2D eigenvalue weighted by atomic mass is 35.5. The van der Waals surface area contributed by atoms with Crippen molar-refractivity contribution in [2.45, 2.75) is 13.0 Å². The lowest BCUT2D eigenvalue weighted by Crippen LogP contribution is -2.07. The topological polar surface area (TPSA) is 12.0 Å². The van der Waals surface area contributed by atoms with Gasteiger partial charge in [-0.3, -0.25) is 0 Å². The van der Waals surface area contributed by atoms with E-state index in [2.05, 4.69) is 5.32 Å². The number of anilines is 1. The van der Waals surface area contributed by atoms with Gasteiger partial charge in [-0.25, -0.2) is 0 Å². The monoisotopic (exact) mass is 367 g/mol. The zero-order valence-corrected chi connectivity index (χ0v) is 14.1. The second-order valence-corrected chi connectivity index (χ2v) is 6.32. The number of rotatable bonds is 3. The highest BCUT2D eigenvalue weighted by Crippen LogP contribution is 2.34. The summed E-state index contributed by atoms with van der Waals surface area (Å²) in [7, 11) is 0. The molecule has 0 aromatic heterocycles. The van der Waals surface area contributed by atoms with Crippen LogP contribution in [0.1, 0.15) is 18.5 Å². The van der Waals surface area contributed by atoms with E-state index in [9.17, 15) is 0 Å². The van der Waals surface area contributed by atoms with Crippen LogP contribution in [0, 0.1) is 0 Å². The van der Waals surface area contributed by atoms with E-state index in [0.717, 1.165) is 5.56 Å². The van der Waals surface area contributed by atoms with Gasteiger partial charge in [0, 0.05) is 6.04 Å². The third-order valence-corrected chi connectivity index (χ3v) is 4.60. The van der Waals surface area contributed by atoms with Crippen molar-refractivity contribution in [3.05, 3.63) is 61.0 Å². The van der Waals surface area contributed by atoms with E-state index in [0.29, 0.717) is 30.8 Å². The Hall–Kier alpha value is -0.310. The number of hydrogen-bond donors (Lipinski definition) is 1. The Labute approximate surface area is 142 Å². The van der Waals surface area contributed by atoms with Crippen LogP contribution in [0.2, 0.25) is 25.1 Å². The summed E-state index contributed by atoms with van der Waals surface area (Å²) in [6.07, 6.45) is 0. The van der Waals surface area contributed by atoms with Crippen molar-refractivity contribution in [2.75, 3.05) is 5.32 Å². The first-order valence-corrected chi connectivity index (χ1v) is 7.63. The average molecular weight is 370 g/mol. The summed E-state index contributed by atoms with van der Waals surface area (Å²) in [6, 6.07) is 8.76. The summed E-state index contributed by atoms with van der Waals surface area (Å²) >= 11 is 29.9. The van der Waals surface area contributed by atoms with Gasteiger partial charge in [-0.05, 0) is 36.8 Å². The van der Waals surface area contributed by atoms with Crippen LogP contribution in [-0.4, -0.2) is 0 Å². The lowest BCUT2D eigenvalue weighted by molar-refractivity contribution is 0.885. The maximum Gasteiger partial charge on any atom is 0.0653 e. The predicted molar refractivity (Wildman–Crippen MR) is 90.0 cm³/mol. The van der Waals surface area contributed by atoms with Crippen LogP contribution >= 0.6 is 58.0 Å². The van der Waals surface area contributed by atoms with Crippen molar-refractivity contribution in [3.63, 3.8) is 0 Å². The average Bonchev–Trinajstić information content (AvgIpc) is 2.39. The number of halogens is 5. The van der Waals surface area contributed by atoms with Crippen LogP contribution in [0.25, 0.3) is 0 Å². The zero-order chi connectivity index (χ0) is 14.9. The van der Waals surface area contributed by atoms with Gasteiger partial charge in [-0.2, -0.15) is 0 Å². The first-order valence-electron chi connectivity index (χ1n) is 5.74. The maximum atomic E-state index is 6.14. The van der Waals surface area contributed by atoms with E-state index in [1.807, 2.05) is 19.1 Å². The van der Waals surface area contributed by atoms with E-state index < -0.39 is 0 Å². The minimum atomic E-state index is -0.0143. The molecule has 0 amide bonds. The van der Waals surface area contributed by atoms with Gasteiger partial charge in [-0.1, -0.05) is 64.1 Å². The minimum absolute atomic E-state index is 0.0143. The first kappa shape index (κ1) is 16.1. The van der Waals surface area contributed by atoms with Crippen molar-refractivity contribution in [1.82, 2.24) is 0 Å². The molecule has 0 saturated heterocycles. The number of benzene rings is 2. The molecule has 0 heterocycles. The van der Waals surface area contributed by atoms with E-state index >= 15 is 0 Å². The Balaban J connectivity index is 2.25. The van der Waals surface area contributed by atoms with E-state index in [1.54, 1.807) is 18.2 Å². The molecule has 6 heteroatoms. The van der Waals surface area contributed by atoms with Gasteiger partial charge in [0.2, 0.25) is 0 Å². The SMILES string of the molecule is CC(Nc1cc(Cl)c(Cl)cc1Cl)c1ccc(Cl)c(Cl)c1.